The van der Waals surface area contributed by atoms with Gasteiger partial charge in [-0.15, -0.1) is 0 Å². The van der Waals surface area contributed by atoms with Crippen LogP contribution in [0.5, 0.6) is 11.5 Å². The smallest absolute Gasteiger partial charge is 0.338 e. The lowest BCUT2D eigenvalue weighted by Gasteiger charge is -2.10. The van der Waals surface area contributed by atoms with Gasteiger partial charge in [0.1, 0.15) is 19.0 Å². The van der Waals surface area contributed by atoms with Crippen molar-refractivity contribution in [2.45, 2.75) is 0 Å². The summed E-state index contributed by atoms with van der Waals surface area (Å²) in [6.45, 7) is 0.0788. The zero-order chi connectivity index (χ0) is 16.1. The molecule has 2 aromatic rings. The Balaban J connectivity index is 1.86. The molecular weight excluding hydrogens is 351 g/mol. The van der Waals surface area contributed by atoms with E-state index in [-0.39, 0.29) is 34.8 Å². The molecule has 2 aromatic carbocycles. The minimum absolute atomic E-state index is 0.0128. The average Bonchev–Trinajstić information content (AvgIpc) is 2.45. The number of halogens is 3. The SMILES string of the molecule is O=C(OCCOc1c(Cl)cc(O)cc1Cl)c1cccc(Cl)c1. The molecular formula is C15H11Cl3O4. The number of hydrogen-bond acceptors (Lipinski definition) is 4. The molecule has 1 N–H and O–H groups in total. The molecule has 0 radical (unpaired) electrons. The molecule has 0 saturated carbocycles. The van der Waals surface area contributed by atoms with Crippen molar-refractivity contribution < 1.29 is 19.4 Å². The van der Waals surface area contributed by atoms with E-state index < -0.39 is 5.97 Å². The van der Waals surface area contributed by atoms with Gasteiger partial charge >= 0.3 is 5.97 Å². The minimum atomic E-state index is -0.506. The Kier molecular flexibility index (Phi) is 5.77. The van der Waals surface area contributed by atoms with E-state index in [1.165, 1.54) is 18.2 Å². The van der Waals surface area contributed by atoms with Crippen molar-refractivity contribution in [2.24, 2.45) is 0 Å². The van der Waals surface area contributed by atoms with Gasteiger partial charge in [0.05, 0.1) is 15.6 Å². The molecule has 4 nitrogen and oxygen atoms in total. The van der Waals surface area contributed by atoms with Crippen molar-refractivity contribution in [1.82, 2.24) is 0 Å². The highest BCUT2D eigenvalue weighted by molar-refractivity contribution is 6.37. The van der Waals surface area contributed by atoms with E-state index in [1.807, 2.05) is 0 Å². The van der Waals surface area contributed by atoms with Gasteiger partial charge in [-0.25, -0.2) is 4.79 Å². The first kappa shape index (κ1) is 16.7. The standard InChI is InChI=1S/C15H11Cl3O4/c16-10-3-1-2-9(6-10)15(20)22-5-4-21-14-12(17)7-11(19)8-13(14)18/h1-3,6-8,19H,4-5H2. The third kappa shape index (κ3) is 4.44. The molecule has 0 aliphatic carbocycles. The quantitative estimate of drug-likeness (QED) is 0.625. The Hall–Kier alpha value is -1.62. The highest BCUT2D eigenvalue weighted by atomic mass is 35.5. The number of benzene rings is 2. The fraction of sp³-hybridized carbons (Fsp3) is 0.133. The van der Waals surface area contributed by atoms with E-state index in [9.17, 15) is 9.90 Å². The van der Waals surface area contributed by atoms with Crippen LogP contribution in [0.25, 0.3) is 0 Å². The monoisotopic (exact) mass is 360 g/mol. The van der Waals surface area contributed by atoms with Gasteiger partial charge in [0.2, 0.25) is 0 Å². The van der Waals surface area contributed by atoms with E-state index in [0.717, 1.165) is 0 Å². The van der Waals surface area contributed by atoms with Gasteiger partial charge in [0.15, 0.2) is 5.75 Å². The average molecular weight is 362 g/mol. The summed E-state index contributed by atoms with van der Waals surface area (Å²) in [7, 11) is 0. The lowest BCUT2D eigenvalue weighted by molar-refractivity contribution is 0.0450. The summed E-state index contributed by atoms with van der Waals surface area (Å²) in [6, 6.07) is 9.05. The highest BCUT2D eigenvalue weighted by Gasteiger charge is 2.11. The number of rotatable bonds is 5. The Morgan fingerprint density at radius 2 is 1.73 bits per heavy atom. The van der Waals surface area contributed by atoms with E-state index in [1.54, 1.807) is 18.2 Å². The topological polar surface area (TPSA) is 55.8 Å². The van der Waals surface area contributed by atoms with Crippen LogP contribution < -0.4 is 4.74 Å². The number of ether oxygens (including phenoxy) is 2. The van der Waals surface area contributed by atoms with Gasteiger partial charge in [0.25, 0.3) is 0 Å². The van der Waals surface area contributed by atoms with Crippen LogP contribution in [0.3, 0.4) is 0 Å². The largest absolute Gasteiger partial charge is 0.508 e. The molecule has 0 fully saturated rings. The van der Waals surface area contributed by atoms with E-state index >= 15 is 0 Å². The van der Waals surface area contributed by atoms with Crippen molar-refractivity contribution in [2.75, 3.05) is 13.2 Å². The molecule has 2 rings (SSSR count). The molecule has 0 aromatic heterocycles. The molecule has 0 amide bonds. The normalized spacial score (nSPS) is 10.3. The van der Waals surface area contributed by atoms with Gasteiger partial charge in [0, 0.05) is 17.2 Å². The molecule has 0 aliphatic heterocycles. The molecule has 0 unspecified atom stereocenters. The summed E-state index contributed by atoms with van der Waals surface area (Å²) < 4.78 is 10.4. The number of aromatic hydroxyl groups is 1. The molecule has 0 atom stereocenters. The van der Waals surface area contributed by atoms with Gasteiger partial charge in [-0.1, -0.05) is 40.9 Å². The van der Waals surface area contributed by atoms with Crippen LogP contribution in [0.1, 0.15) is 10.4 Å². The van der Waals surface area contributed by atoms with Crippen molar-refractivity contribution >= 4 is 40.8 Å². The summed E-state index contributed by atoms with van der Waals surface area (Å²) in [4.78, 5) is 11.8. The van der Waals surface area contributed by atoms with Gasteiger partial charge in [-0.2, -0.15) is 0 Å². The van der Waals surface area contributed by atoms with Gasteiger partial charge < -0.3 is 14.6 Å². The number of hydrogen-bond donors (Lipinski definition) is 1. The maximum atomic E-state index is 11.8. The number of phenols is 1. The molecule has 0 aliphatic rings. The number of carbonyl (C=O) groups is 1. The zero-order valence-electron chi connectivity index (χ0n) is 11.2. The Morgan fingerprint density at radius 3 is 2.36 bits per heavy atom. The minimum Gasteiger partial charge on any atom is -0.508 e. The van der Waals surface area contributed by atoms with Crippen molar-refractivity contribution in [1.29, 1.82) is 0 Å². The summed E-state index contributed by atoms with van der Waals surface area (Å²) in [6.07, 6.45) is 0. The number of esters is 1. The van der Waals surface area contributed by atoms with Crippen LogP contribution in [0.15, 0.2) is 36.4 Å². The zero-order valence-corrected chi connectivity index (χ0v) is 13.5. The van der Waals surface area contributed by atoms with Crippen LogP contribution in [0.4, 0.5) is 0 Å². The third-order valence-electron chi connectivity index (χ3n) is 2.61. The van der Waals surface area contributed by atoms with Crippen molar-refractivity contribution in [3.63, 3.8) is 0 Å². The number of carbonyl (C=O) groups excluding carboxylic acids is 1. The lowest BCUT2D eigenvalue weighted by atomic mass is 10.2. The van der Waals surface area contributed by atoms with Gasteiger partial charge in [-0.3, -0.25) is 0 Å². The second kappa shape index (κ2) is 7.58. The Morgan fingerprint density at radius 1 is 1.05 bits per heavy atom. The molecule has 0 heterocycles. The number of phenolic OH excluding ortho intramolecular Hbond substituents is 1. The molecule has 0 bridgehead atoms. The fourth-order valence-corrected chi connectivity index (χ4v) is 2.44. The van der Waals surface area contributed by atoms with E-state index in [0.29, 0.717) is 10.6 Å². The molecule has 0 saturated heterocycles. The van der Waals surface area contributed by atoms with Crippen LogP contribution in [0, 0.1) is 0 Å². The Bertz CT molecular complexity index is 665. The molecule has 7 heteroatoms. The van der Waals surface area contributed by atoms with Crippen molar-refractivity contribution in [3.05, 3.63) is 57.0 Å². The summed E-state index contributed by atoms with van der Waals surface area (Å²) >= 11 is 17.6. The predicted molar refractivity (Wildman–Crippen MR) is 85.4 cm³/mol. The molecule has 116 valence electrons. The lowest BCUT2D eigenvalue weighted by Crippen LogP contribution is -2.12. The fourth-order valence-electron chi connectivity index (χ4n) is 1.66. The second-order valence-corrected chi connectivity index (χ2v) is 5.48. The Labute approximate surface area is 142 Å². The second-order valence-electron chi connectivity index (χ2n) is 4.23. The summed E-state index contributed by atoms with van der Waals surface area (Å²) in [5.41, 5.74) is 0.355. The van der Waals surface area contributed by atoms with Crippen molar-refractivity contribution in [3.8, 4) is 11.5 Å². The van der Waals surface area contributed by atoms with E-state index in [2.05, 4.69) is 0 Å². The van der Waals surface area contributed by atoms with E-state index in [4.69, 9.17) is 44.3 Å². The van der Waals surface area contributed by atoms with Gasteiger partial charge in [-0.05, 0) is 18.2 Å². The first-order valence-corrected chi connectivity index (χ1v) is 7.34. The maximum absolute atomic E-state index is 11.8. The first-order valence-electron chi connectivity index (χ1n) is 6.21. The molecule has 0 spiro atoms. The van der Waals surface area contributed by atoms with Crippen LogP contribution in [-0.4, -0.2) is 24.3 Å². The maximum Gasteiger partial charge on any atom is 0.338 e. The molecule has 22 heavy (non-hydrogen) atoms. The van der Waals surface area contributed by atoms with Crippen LogP contribution in [0.2, 0.25) is 15.1 Å². The summed E-state index contributed by atoms with van der Waals surface area (Å²) in [5.74, 6) is -0.344. The van der Waals surface area contributed by atoms with Crippen LogP contribution in [-0.2, 0) is 4.74 Å². The van der Waals surface area contributed by atoms with Crippen LogP contribution >= 0.6 is 34.8 Å². The summed E-state index contributed by atoms with van der Waals surface area (Å²) in [5, 5.41) is 10.1. The third-order valence-corrected chi connectivity index (χ3v) is 3.40. The first-order chi connectivity index (χ1) is 10.5. The predicted octanol–water partition coefficient (Wildman–Crippen LogP) is 4.59. The highest BCUT2D eigenvalue weighted by Crippen LogP contribution is 2.36.